The van der Waals surface area contributed by atoms with E-state index >= 15 is 0 Å². The molecule has 1 saturated heterocycles. The molecule has 0 radical (unpaired) electrons. The molecular weight excluding hydrogens is 302 g/mol. The van der Waals surface area contributed by atoms with E-state index in [1.54, 1.807) is 13.0 Å². The lowest BCUT2D eigenvalue weighted by molar-refractivity contribution is -0.117. The van der Waals surface area contributed by atoms with Crippen molar-refractivity contribution in [2.24, 2.45) is 5.92 Å². The van der Waals surface area contributed by atoms with Gasteiger partial charge in [0.15, 0.2) is 5.82 Å². The summed E-state index contributed by atoms with van der Waals surface area (Å²) >= 11 is 0. The molecule has 106 valence electrons. The first-order valence-electron chi connectivity index (χ1n) is 5.90. The number of nitriles is 1. The van der Waals surface area contributed by atoms with Crippen molar-refractivity contribution in [3.05, 3.63) is 23.4 Å². The van der Waals surface area contributed by atoms with Gasteiger partial charge in [0.25, 0.3) is 0 Å². The van der Waals surface area contributed by atoms with Crippen molar-refractivity contribution in [3.63, 3.8) is 0 Å². The number of nitrogens with zero attached hydrogens (tertiary/aromatic N) is 3. The van der Waals surface area contributed by atoms with Gasteiger partial charge in [0.2, 0.25) is 15.0 Å². The molecule has 1 atom stereocenters. The highest BCUT2D eigenvalue weighted by molar-refractivity contribution is 8.13. The molecule has 1 aliphatic rings. The van der Waals surface area contributed by atoms with E-state index < -0.39 is 9.05 Å². The van der Waals surface area contributed by atoms with Crippen molar-refractivity contribution in [1.82, 2.24) is 4.98 Å². The number of rotatable bonds is 3. The van der Waals surface area contributed by atoms with E-state index in [2.05, 4.69) is 4.98 Å². The zero-order valence-electron chi connectivity index (χ0n) is 10.7. The maximum atomic E-state index is 12.0. The zero-order valence-corrected chi connectivity index (χ0v) is 12.3. The first kappa shape index (κ1) is 14.8. The van der Waals surface area contributed by atoms with Crippen LogP contribution in [0.2, 0.25) is 0 Å². The van der Waals surface area contributed by atoms with E-state index in [9.17, 15) is 13.2 Å². The fourth-order valence-corrected chi connectivity index (χ4v) is 3.59. The second kappa shape index (κ2) is 5.38. The SMILES string of the molecule is Cc1ccnc(N2CC(CS(=O)(=O)Cl)CC2=O)c1C#N. The van der Waals surface area contributed by atoms with Crippen LogP contribution in [0.5, 0.6) is 0 Å². The third-order valence-corrected chi connectivity index (χ3v) is 4.39. The van der Waals surface area contributed by atoms with Crippen molar-refractivity contribution < 1.29 is 13.2 Å². The molecule has 8 heteroatoms. The molecule has 1 fully saturated rings. The Kier molecular flexibility index (Phi) is 3.97. The highest BCUT2D eigenvalue weighted by Gasteiger charge is 2.35. The summed E-state index contributed by atoms with van der Waals surface area (Å²) in [6.45, 7) is 1.96. The lowest BCUT2D eigenvalue weighted by Crippen LogP contribution is -2.27. The maximum Gasteiger partial charge on any atom is 0.232 e. The van der Waals surface area contributed by atoms with Crippen molar-refractivity contribution in [2.75, 3.05) is 17.2 Å². The van der Waals surface area contributed by atoms with Gasteiger partial charge in [-0.3, -0.25) is 9.69 Å². The van der Waals surface area contributed by atoms with E-state index in [4.69, 9.17) is 15.9 Å². The van der Waals surface area contributed by atoms with Crippen LogP contribution in [-0.4, -0.2) is 31.6 Å². The number of hydrogen-bond donors (Lipinski definition) is 0. The van der Waals surface area contributed by atoms with Gasteiger partial charge in [-0.15, -0.1) is 0 Å². The number of amides is 1. The monoisotopic (exact) mass is 313 g/mol. The molecule has 1 aromatic rings. The van der Waals surface area contributed by atoms with E-state index in [1.807, 2.05) is 6.07 Å². The minimum atomic E-state index is -3.65. The van der Waals surface area contributed by atoms with Gasteiger partial charge in [0.05, 0.1) is 11.3 Å². The van der Waals surface area contributed by atoms with Gasteiger partial charge in [0, 0.05) is 35.8 Å². The summed E-state index contributed by atoms with van der Waals surface area (Å²) in [5.74, 6) is -0.597. The molecule has 1 unspecified atom stereocenters. The summed E-state index contributed by atoms with van der Waals surface area (Å²) in [4.78, 5) is 17.4. The highest BCUT2D eigenvalue weighted by atomic mass is 35.7. The molecule has 2 heterocycles. The van der Waals surface area contributed by atoms with Crippen molar-refractivity contribution in [1.29, 1.82) is 5.26 Å². The summed E-state index contributed by atoms with van der Waals surface area (Å²) in [5.41, 5.74) is 1.05. The molecule has 20 heavy (non-hydrogen) atoms. The van der Waals surface area contributed by atoms with Crippen LogP contribution >= 0.6 is 10.7 Å². The second-order valence-electron chi connectivity index (χ2n) is 4.72. The predicted octanol–water partition coefficient (Wildman–Crippen LogP) is 1.18. The van der Waals surface area contributed by atoms with Crippen molar-refractivity contribution in [3.8, 4) is 6.07 Å². The molecule has 0 saturated carbocycles. The van der Waals surface area contributed by atoms with Crippen LogP contribution in [0.25, 0.3) is 0 Å². The van der Waals surface area contributed by atoms with E-state index in [1.165, 1.54) is 11.1 Å². The molecule has 6 nitrogen and oxygen atoms in total. The number of carbonyl (C=O) groups is 1. The molecular formula is C12H12ClN3O3S. The Balaban J connectivity index is 2.30. The number of anilines is 1. The third kappa shape index (κ3) is 3.08. The first-order chi connectivity index (χ1) is 9.31. The fourth-order valence-electron chi connectivity index (χ4n) is 2.27. The van der Waals surface area contributed by atoms with E-state index in [0.29, 0.717) is 5.56 Å². The number of aryl methyl sites for hydroxylation is 1. The Morgan fingerprint density at radius 3 is 2.90 bits per heavy atom. The van der Waals surface area contributed by atoms with Crippen LogP contribution in [0.1, 0.15) is 17.5 Å². The molecule has 0 aliphatic carbocycles. The van der Waals surface area contributed by atoms with Crippen LogP contribution in [0.3, 0.4) is 0 Å². The minimum absolute atomic E-state index is 0.0897. The molecule has 1 amide bonds. The zero-order chi connectivity index (χ0) is 14.9. The Morgan fingerprint density at radius 1 is 1.60 bits per heavy atom. The number of hydrogen-bond acceptors (Lipinski definition) is 5. The second-order valence-corrected chi connectivity index (χ2v) is 7.54. The van der Waals surface area contributed by atoms with Gasteiger partial charge in [-0.1, -0.05) is 0 Å². The highest BCUT2D eigenvalue weighted by Crippen LogP contribution is 2.28. The van der Waals surface area contributed by atoms with E-state index in [0.717, 1.165) is 5.56 Å². The standard InChI is InChI=1S/C12H12ClN3O3S/c1-8-2-3-15-12(10(8)5-14)16-6-9(4-11(16)17)7-20(13,18)19/h2-3,9H,4,6-7H2,1H3. The average Bonchev–Trinajstić information content (AvgIpc) is 2.67. The van der Waals surface area contributed by atoms with Crippen LogP contribution < -0.4 is 4.90 Å². The minimum Gasteiger partial charge on any atom is -0.295 e. The molecule has 0 spiro atoms. The van der Waals surface area contributed by atoms with Crippen LogP contribution in [-0.2, 0) is 13.8 Å². The molecule has 0 bridgehead atoms. The Labute approximate surface area is 121 Å². The Bertz CT molecular complexity index is 696. The van der Waals surface area contributed by atoms with Gasteiger partial charge in [-0.25, -0.2) is 13.4 Å². The molecule has 0 N–H and O–H groups in total. The van der Waals surface area contributed by atoms with Gasteiger partial charge in [0.1, 0.15) is 6.07 Å². The third-order valence-electron chi connectivity index (χ3n) is 3.15. The number of pyridine rings is 1. The fraction of sp³-hybridized carbons (Fsp3) is 0.417. The summed E-state index contributed by atoms with van der Waals surface area (Å²) < 4.78 is 22.2. The quantitative estimate of drug-likeness (QED) is 0.781. The van der Waals surface area contributed by atoms with Crippen molar-refractivity contribution in [2.45, 2.75) is 13.3 Å². The van der Waals surface area contributed by atoms with Gasteiger partial charge in [-0.2, -0.15) is 5.26 Å². The number of aromatic nitrogens is 1. The number of halogens is 1. The number of carbonyl (C=O) groups excluding carboxylic acids is 1. The lowest BCUT2D eigenvalue weighted by atomic mass is 10.1. The molecule has 0 aromatic carbocycles. The van der Waals surface area contributed by atoms with E-state index in [-0.39, 0.29) is 36.4 Å². The first-order valence-corrected chi connectivity index (χ1v) is 8.38. The smallest absolute Gasteiger partial charge is 0.232 e. The van der Waals surface area contributed by atoms with Crippen molar-refractivity contribution >= 4 is 31.5 Å². The average molecular weight is 314 g/mol. The maximum absolute atomic E-state index is 12.0. The largest absolute Gasteiger partial charge is 0.295 e. The molecule has 2 rings (SSSR count). The Morgan fingerprint density at radius 2 is 2.30 bits per heavy atom. The predicted molar refractivity (Wildman–Crippen MR) is 73.8 cm³/mol. The summed E-state index contributed by atoms with van der Waals surface area (Å²) in [5, 5.41) is 9.15. The van der Waals surface area contributed by atoms with Crippen LogP contribution in [0.15, 0.2) is 12.3 Å². The summed E-state index contributed by atoms with van der Waals surface area (Å²) in [6.07, 6.45) is 1.61. The Hall–Kier alpha value is -1.65. The molecule has 1 aromatic heterocycles. The van der Waals surface area contributed by atoms with Gasteiger partial charge < -0.3 is 0 Å². The lowest BCUT2D eigenvalue weighted by Gasteiger charge is -2.17. The summed E-state index contributed by atoms with van der Waals surface area (Å²) in [6, 6.07) is 3.71. The topological polar surface area (TPSA) is 91.1 Å². The van der Waals surface area contributed by atoms with Crippen LogP contribution in [0, 0.1) is 24.2 Å². The molecule has 1 aliphatic heterocycles. The normalized spacial score (nSPS) is 19.1. The van der Waals surface area contributed by atoms with Gasteiger partial charge >= 0.3 is 0 Å². The van der Waals surface area contributed by atoms with Crippen LogP contribution in [0.4, 0.5) is 5.82 Å². The van der Waals surface area contributed by atoms with Gasteiger partial charge in [-0.05, 0) is 18.6 Å². The summed E-state index contributed by atoms with van der Waals surface area (Å²) in [7, 11) is 1.56.